The summed E-state index contributed by atoms with van der Waals surface area (Å²) in [4.78, 5) is 25.9. The molecule has 0 radical (unpaired) electrons. The maximum absolute atomic E-state index is 13.0. The standard InChI is InChI=1S/C25H17Cl2IN2O4S2/c1-33-20-11-15(10-19(28)22(20)34-13-14-2-6-17(26)7-3-14)12-21-24(32)30(25(35)36-21)29-23(31)16-4-8-18(27)9-5-16/h2-12H,13H2,1H3,(H,29,31)/b21-12+. The van der Waals surface area contributed by atoms with Gasteiger partial charge in [-0.05, 0) is 101 Å². The Morgan fingerprint density at radius 2 is 1.75 bits per heavy atom. The van der Waals surface area contributed by atoms with E-state index in [1.54, 1.807) is 55.7 Å². The number of ether oxygens (including phenoxy) is 2. The van der Waals surface area contributed by atoms with Crippen LogP contribution in [-0.2, 0) is 11.4 Å². The summed E-state index contributed by atoms with van der Waals surface area (Å²) in [5, 5.41) is 2.23. The molecule has 1 fully saturated rings. The van der Waals surface area contributed by atoms with Crippen LogP contribution in [-0.4, -0.2) is 28.3 Å². The predicted molar refractivity (Wildman–Crippen MR) is 155 cm³/mol. The van der Waals surface area contributed by atoms with Crippen LogP contribution < -0.4 is 14.9 Å². The highest BCUT2D eigenvalue weighted by Gasteiger charge is 2.34. The van der Waals surface area contributed by atoms with E-state index in [4.69, 9.17) is 44.9 Å². The minimum Gasteiger partial charge on any atom is -0.493 e. The van der Waals surface area contributed by atoms with Crippen LogP contribution in [0.5, 0.6) is 11.5 Å². The molecule has 2 amide bonds. The molecule has 184 valence electrons. The van der Waals surface area contributed by atoms with E-state index in [-0.39, 0.29) is 4.32 Å². The Hall–Kier alpha value is -2.31. The van der Waals surface area contributed by atoms with Crippen LogP contribution in [0, 0.1) is 3.57 Å². The molecule has 11 heteroatoms. The number of hydrazine groups is 1. The molecule has 4 rings (SSSR count). The first-order valence-corrected chi connectivity index (χ1v) is 13.4. The molecular formula is C25H17Cl2IN2O4S2. The summed E-state index contributed by atoms with van der Waals surface area (Å²) in [5.74, 6) is 0.216. The third-order valence-corrected chi connectivity index (χ3v) is 7.57. The van der Waals surface area contributed by atoms with E-state index in [9.17, 15) is 9.59 Å². The number of hydrogen-bond acceptors (Lipinski definition) is 6. The highest BCUT2D eigenvalue weighted by Crippen LogP contribution is 2.37. The number of methoxy groups -OCH3 is 1. The number of nitrogens with zero attached hydrogens (tertiary/aromatic N) is 1. The highest BCUT2D eigenvalue weighted by atomic mass is 127. The smallest absolute Gasteiger partial charge is 0.285 e. The summed E-state index contributed by atoms with van der Waals surface area (Å²) in [6.07, 6.45) is 1.70. The second-order valence-corrected chi connectivity index (χ2v) is 11.1. The molecule has 36 heavy (non-hydrogen) atoms. The maximum Gasteiger partial charge on any atom is 0.285 e. The number of hydrogen-bond donors (Lipinski definition) is 1. The van der Waals surface area contributed by atoms with Crippen molar-refractivity contribution in [3.05, 3.63) is 95.9 Å². The van der Waals surface area contributed by atoms with E-state index in [0.29, 0.717) is 38.6 Å². The lowest BCUT2D eigenvalue weighted by Gasteiger charge is -2.15. The first kappa shape index (κ1) is 26.7. The number of thiocarbonyl (C=S) groups is 1. The molecule has 1 aliphatic heterocycles. The Morgan fingerprint density at radius 3 is 2.39 bits per heavy atom. The van der Waals surface area contributed by atoms with Gasteiger partial charge in [-0.15, -0.1) is 0 Å². The van der Waals surface area contributed by atoms with Gasteiger partial charge in [0.1, 0.15) is 6.61 Å². The molecule has 0 bridgehead atoms. The summed E-state index contributed by atoms with van der Waals surface area (Å²) in [5.41, 5.74) is 4.59. The summed E-state index contributed by atoms with van der Waals surface area (Å²) in [7, 11) is 1.55. The Kier molecular flexibility index (Phi) is 8.78. The molecule has 1 N–H and O–H groups in total. The summed E-state index contributed by atoms with van der Waals surface area (Å²) >= 11 is 20.4. The van der Waals surface area contributed by atoms with Crippen LogP contribution in [0.1, 0.15) is 21.5 Å². The normalized spacial score (nSPS) is 14.3. The van der Waals surface area contributed by atoms with E-state index in [1.165, 1.54) is 0 Å². The highest BCUT2D eigenvalue weighted by molar-refractivity contribution is 14.1. The van der Waals surface area contributed by atoms with Crippen molar-refractivity contribution in [3.8, 4) is 11.5 Å². The van der Waals surface area contributed by atoms with Crippen molar-refractivity contribution >= 4 is 92.0 Å². The first-order valence-electron chi connectivity index (χ1n) is 10.3. The monoisotopic (exact) mass is 670 g/mol. The van der Waals surface area contributed by atoms with Crippen LogP contribution in [0.3, 0.4) is 0 Å². The molecule has 0 saturated carbocycles. The maximum atomic E-state index is 13.0. The van der Waals surface area contributed by atoms with Gasteiger partial charge in [-0.2, -0.15) is 5.01 Å². The van der Waals surface area contributed by atoms with Crippen molar-refractivity contribution in [1.82, 2.24) is 10.4 Å². The Bertz CT molecular complexity index is 1370. The average molecular weight is 671 g/mol. The van der Waals surface area contributed by atoms with Gasteiger partial charge in [0.2, 0.25) is 0 Å². The number of carbonyl (C=O) groups excluding carboxylic acids is 2. The van der Waals surface area contributed by atoms with Gasteiger partial charge < -0.3 is 9.47 Å². The second kappa shape index (κ2) is 11.8. The second-order valence-electron chi connectivity index (χ2n) is 7.41. The van der Waals surface area contributed by atoms with Crippen molar-refractivity contribution in [1.29, 1.82) is 0 Å². The van der Waals surface area contributed by atoms with Crippen molar-refractivity contribution in [3.63, 3.8) is 0 Å². The minimum atomic E-state index is -0.470. The van der Waals surface area contributed by atoms with Crippen molar-refractivity contribution in [2.75, 3.05) is 7.11 Å². The molecule has 1 heterocycles. The van der Waals surface area contributed by atoms with Gasteiger partial charge in [0.25, 0.3) is 11.8 Å². The van der Waals surface area contributed by atoms with Crippen molar-refractivity contribution in [2.24, 2.45) is 0 Å². The van der Waals surface area contributed by atoms with Gasteiger partial charge >= 0.3 is 0 Å². The molecule has 1 aliphatic rings. The van der Waals surface area contributed by atoms with Gasteiger partial charge in [-0.3, -0.25) is 15.0 Å². The van der Waals surface area contributed by atoms with Gasteiger partial charge in [-0.1, -0.05) is 47.1 Å². The average Bonchev–Trinajstić information content (AvgIpc) is 3.11. The summed E-state index contributed by atoms with van der Waals surface area (Å²) < 4.78 is 12.6. The lowest BCUT2D eigenvalue weighted by atomic mass is 10.1. The van der Waals surface area contributed by atoms with Crippen LogP contribution in [0.2, 0.25) is 10.0 Å². The molecular weight excluding hydrogens is 654 g/mol. The predicted octanol–water partition coefficient (Wildman–Crippen LogP) is 6.73. The fraction of sp³-hybridized carbons (Fsp3) is 0.0800. The number of amides is 2. The molecule has 6 nitrogen and oxygen atoms in total. The quantitative estimate of drug-likeness (QED) is 0.171. The number of nitrogens with one attached hydrogen (secondary N) is 1. The minimum absolute atomic E-state index is 0.221. The van der Waals surface area contributed by atoms with E-state index >= 15 is 0 Å². The Balaban J connectivity index is 1.50. The third-order valence-electron chi connectivity index (χ3n) is 4.96. The van der Waals surface area contributed by atoms with E-state index in [2.05, 4.69) is 28.0 Å². The molecule has 0 spiro atoms. The Labute approximate surface area is 241 Å². The summed E-state index contributed by atoms with van der Waals surface area (Å²) in [6.45, 7) is 0.342. The number of carbonyl (C=O) groups is 2. The van der Waals surface area contributed by atoms with E-state index in [0.717, 1.165) is 31.5 Å². The molecule has 3 aromatic carbocycles. The van der Waals surface area contributed by atoms with Crippen LogP contribution in [0.4, 0.5) is 0 Å². The van der Waals surface area contributed by atoms with Gasteiger partial charge in [0.15, 0.2) is 15.8 Å². The zero-order valence-corrected chi connectivity index (χ0v) is 23.9. The largest absolute Gasteiger partial charge is 0.493 e. The van der Waals surface area contributed by atoms with Crippen molar-refractivity contribution in [2.45, 2.75) is 6.61 Å². The van der Waals surface area contributed by atoms with Gasteiger partial charge in [0.05, 0.1) is 15.6 Å². The van der Waals surface area contributed by atoms with Crippen LogP contribution in [0.15, 0.2) is 65.6 Å². The zero-order valence-electron chi connectivity index (χ0n) is 18.6. The number of thioether (sulfide) groups is 1. The molecule has 0 aliphatic carbocycles. The lowest BCUT2D eigenvalue weighted by molar-refractivity contribution is -0.123. The zero-order chi connectivity index (χ0) is 25.8. The van der Waals surface area contributed by atoms with Crippen LogP contribution >= 0.6 is 69.8 Å². The number of benzene rings is 3. The fourth-order valence-corrected chi connectivity index (χ4v) is 5.39. The SMILES string of the molecule is COc1cc(/C=C2/SC(=S)N(NC(=O)c3ccc(Cl)cc3)C2=O)cc(I)c1OCc1ccc(Cl)cc1. The molecule has 1 saturated heterocycles. The van der Waals surface area contributed by atoms with E-state index < -0.39 is 11.8 Å². The lowest BCUT2D eigenvalue weighted by Crippen LogP contribution is -2.44. The summed E-state index contributed by atoms with van der Waals surface area (Å²) in [6, 6.07) is 17.4. The van der Waals surface area contributed by atoms with Crippen molar-refractivity contribution < 1.29 is 19.1 Å². The topological polar surface area (TPSA) is 67.9 Å². The fourth-order valence-electron chi connectivity index (χ4n) is 3.18. The first-order chi connectivity index (χ1) is 17.2. The number of halogens is 3. The number of rotatable bonds is 7. The molecule has 3 aromatic rings. The molecule has 0 atom stereocenters. The van der Waals surface area contributed by atoms with Crippen LogP contribution in [0.25, 0.3) is 6.08 Å². The Morgan fingerprint density at radius 1 is 1.11 bits per heavy atom. The van der Waals surface area contributed by atoms with Gasteiger partial charge in [0, 0.05) is 15.6 Å². The third kappa shape index (κ3) is 6.33. The molecule has 0 unspecified atom stereocenters. The van der Waals surface area contributed by atoms with E-state index in [1.807, 2.05) is 18.2 Å². The molecule has 0 aromatic heterocycles. The van der Waals surface area contributed by atoms with Gasteiger partial charge in [-0.25, -0.2) is 0 Å².